The van der Waals surface area contributed by atoms with E-state index in [0.717, 1.165) is 29.6 Å². The molecule has 0 aliphatic heterocycles. The van der Waals surface area contributed by atoms with E-state index in [9.17, 15) is 0 Å². The van der Waals surface area contributed by atoms with Crippen LogP contribution in [0.5, 0.6) is 0 Å². The average Bonchev–Trinajstić information content (AvgIpc) is 2.95. The fourth-order valence-electron chi connectivity index (χ4n) is 1.99. The van der Waals surface area contributed by atoms with Gasteiger partial charge in [0.25, 0.3) is 0 Å². The lowest BCUT2D eigenvalue weighted by molar-refractivity contribution is 0.536. The quantitative estimate of drug-likeness (QED) is 0.693. The molecule has 0 aliphatic rings. The Bertz CT molecular complexity index is 501. The summed E-state index contributed by atoms with van der Waals surface area (Å²) >= 11 is 5.41. The summed E-state index contributed by atoms with van der Waals surface area (Å²) in [6.45, 7) is 3.25. The van der Waals surface area contributed by atoms with Crippen molar-refractivity contribution in [1.29, 1.82) is 0 Å². The third kappa shape index (κ3) is 5.35. The summed E-state index contributed by atoms with van der Waals surface area (Å²) < 4.78 is 6.29. The maximum atomic E-state index is 5.16. The first kappa shape index (κ1) is 15.7. The van der Waals surface area contributed by atoms with Crippen molar-refractivity contribution in [2.24, 2.45) is 0 Å². The van der Waals surface area contributed by atoms with Crippen LogP contribution in [0.4, 0.5) is 0 Å². The van der Waals surface area contributed by atoms with Crippen molar-refractivity contribution in [2.75, 3.05) is 12.3 Å². The van der Waals surface area contributed by atoms with Crippen molar-refractivity contribution >= 4 is 27.7 Å². The number of furan rings is 1. The van der Waals surface area contributed by atoms with E-state index in [1.807, 2.05) is 24.1 Å². The molecule has 2 rings (SSSR count). The SMILES string of the molecule is CCCNC(CSc1cccc(Br)c1)Cc1ccoc1. The van der Waals surface area contributed by atoms with Crippen LogP contribution in [0.15, 0.2) is 56.6 Å². The zero-order valence-electron chi connectivity index (χ0n) is 11.6. The molecule has 0 saturated carbocycles. The molecule has 1 aromatic heterocycles. The molecular weight excluding hydrogens is 334 g/mol. The van der Waals surface area contributed by atoms with Crippen molar-refractivity contribution in [3.63, 3.8) is 0 Å². The molecule has 0 fully saturated rings. The van der Waals surface area contributed by atoms with Crippen molar-refractivity contribution in [1.82, 2.24) is 5.32 Å². The normalized spacial score (nSPS) is 12.5. The zero-order valence-corrected chi connectivity index (χ0v) is 14.0. The van der Waals surface area contributed by atoms with Crippen molar-refractivity contribution in [2.45, 2.75) is 30.7 Å². The summed E-state index contributed by atoms with van der Waals surface area (Å²) in [5.41, 5.74) is 1.26. The highest BCUT2D eigenvalue weighted by molar-refractivity contribution is 9.10. The van der Waals surface area contributed by atoms with Crippen LogP contribution in [0.25, 0.3) is 0 Å². The van der Waals surface area contributed by atoms with Gasteiger partial charge in [-0.05, 0) is 49.2 Å². The summed E-state index contributed by atoms with van der Waals surface area (Å²) in [7, 11) is 0. The van der Waals surface area contributed by atoms with Gasteiger partial charge in [0, 0.05) is 21.2 Å². The minimum atomic E-state index is 0.469. The molecule has 2 aromatic rings. The Hall–Kier alpha value is -0.710. The van der Waals surface area contributed by atoms with Gasteiger partial charge in [-0.1, -0.05) is 28.9 Å². The van der Waals surface area contributed by atoms with E-state index in [2.05, 4.69) is 52.4 Å². The Labute approximate surface area is 133 Å². The van der Waals surface area contributed by atoms with Gasteiger partial charge in [0.2, 0.25) is 0 Å². The molecular formula is C16H20BrNOS. The minimum absolute atomic E-state index is 0.469. The van der Waals surface area contributed by atoms with Crippen LogP contribution in [-0.2, 0) is 6.42 Å². The van der Waals surface area contributed by atoms with E-state index < -0.39 is 0 Å². The van der Waals surface area contributed by atoms with Gasteiger partial charge in [0.05, 0.1) is 12.5 Å². The maximum absolute atomic E-state index is 5.16. The Morgan fingerprint density at radius 3 is 2.95 bits per heavy atom. The average molecular weight is 354 g/mol. The number of hydrogen-bond acceptors (Lipinski definition) is 3. The first-order chi connectivity index (χ1) is 9.78. The van der Waals surface area contributed by atoms with E-state index in [-0.39, 0.29) is 0 Å². The molecule has 0 radical (unpaired) electrons. The zero-order chi connectivity index (χ0) is 14.2. The Balaban J connectivity index is 1.89. The van der Waals surface area contributed by atoms with Gasteiger partial charge < -0.3 is 9.73 Å². The van der Waals surface area contributed by atoms with E-state index >= 15 is 0 Å². The summed E-state index contributed by atoms with van der Waals surface area (Å²) in [5, 5.41) is 3.62. The summed E-state index contributed by atoms with van der Waals surface area (Å²) in [6.07, 6.45) is 5.75. The molecule has 1 heterocycles. The van der Waals surface area contributed by atoms with Crippen LogP contribution in [0.2, 0.25) is 0 Å². The first-order valence-corrected chi connectivity index (χ1v) is 8.68. The van der Waals surface area contributed by atoms with E-state index in [0.29, 0.717) is 6.04 Å². The van der Waals surface area contributed by atoms with Gasteiger partial charge in [-0.25, -0.2) is 0 Å². The van der Waals surface area contributed by atoms with E-state index in [4.69, 9.17) is 4.42 Å². The van der Waals surface area contributed by atoms with E-state index in [1.165, 1.54) is 10.5 Å². The van der Waals surface area contributed by atoms with Crippen LogP contribution >= 0.6 is 27.7 Å². The van der Waals surface area contributed by atoms with Crippen LogP contribution in [0, 0.1) is 0 Å². The molecule has 0 aliphatic carbocycles. The van der Waals surface area contributed by atoms with Crippen LogP contribution in [0.3, 0.4) is 0 Å². The highest BCUT2D eigenvalue weighted by Gasteiger charge is 2.10. The molecule has 20 heavy (non-hydrogen) atoms. The van der Waals surface area contributed by atoms with Gasteiger partial charge in [0.1, 0.15) is 0 Å². The number of hydrogen-bond donors (Lipinski definition) is 1. The summed E-state index contributed by atoms with van der Waals surface area (Å²) in [4.78, 5) is 1.30. The monoisotopic (exact) mass is 353 g/mol. The molecule has 0 bridgehead atoms. The molecule has 0 saturated heterocycles. The van der Waals surface area contributed by atoms with Gasteiger partial charge in [-0.15, -0.1) is 11.8 Å². The lowest BCUT2D eigenvalue weighted by Crippen LogP contribution is -2.33. The van der Waals surface area contributed by atoms with Crippen molar-refractivity contribution in [3.05, 3.63) is 52.9 Å². The largest absolute Gasteiger partial charge is 0.472 e. The minimum Gasteiger partial charge on any atom is -0.472 e. The van der Waals surface area contributed by atoms with Crippen LogP contribution < -0.4 is 5.32 Å². The van der Waals surface area contributed by atoms with Crippen molar-refractivity contribution < 1.29 is 4.42 Å². The molecule has 1 unspecified atom stereocenters. The molecule has 0 spiro atoms. The Morgan fingerprint density at radius 1 is 1.35 bits per heavy atom. The fourth-order valence-corrected chi connectivity index (χ4v) is 3.55. The third-order valence-electron chi connectivity index (χ3n) is 2.99. The molecule has 1 aromatic carbocycles. The number of nitrogens with one attached hydrogen (secondary N) is 1. The summed E-state index contributed by atoms with van der Waals surface area (Å²) in [6, 6.07) is 11.0. The number of halogens is 1. The highest BCUT2D eigenvalue weighted by Crippen LogP contribution is 2.23. The molecule has 108 valence electrons. The number of thioether (sulfide) groups is 1. The van der Waals surface area contributed by atoms with Gasteiger partial charge in [-0.3, -0.25) is 0 Å². The molecule has 0 amide bonds. The van der Waals surface area contributed by atoms with Gasteiger partial charge in [0.15, 0.2) is 0 Å². The second-order valence-electron chi connectivity index (χ2n) is 4.76. The number of benzene rings is 1. The molecule has 1 atom stereocenters. The second kappa shape index (κ2) is 8.55. The van der Waals surface area contributed by atoms with Gasteiger partial charge in [-0.2, -0.15) is 0 Å². The lowest BCUT2D eigenvalue weighted by atomic mass is 10.1. The first-order valence-electron chi connectivity index (χ1n) is 6.90. The van der Waals surface area contributed by atoms with Gasteiger partial charge >= 0.3 is 0 Å². The standard InChI is InChI=1S/C16H20BrNOS/c1-2-7-18-15(9-13-6-8-19-11-13)12-20-16-5-3-4-14(17)10-16/h3-6,8,10-11,15,18H,2,7,9,12H2,1H3. The Morgan fingerprint density at radius 2 is 2.25 bits per heavy atom. The van der Waals surface area contributed by atoms with E-state index in [1.54, 1.807) is 6.26 Å². The fraction of sp³-hybridized carbons (Fsp3) is 0.375. The maximum Gasteiger partial charge on any atom is 0.0935 e. The second-order valence-corrected chi connectivity index (χ2v) is 6.76. The predicted octanol–water partition coefficient (Wildman–Crippen LogP) is 4.75. The topological polar surface area (TPSA) is 25.2 Å². The summed E-state index contributed by atoms with van der Waals surface area (Å²) in [5.74, 6) is 1.06. The molecule has 2 nitrogen and oxygen atoms in total. The Kier molecular flexibility index (Phi) is 6.70. The molecule has 4 heteroatoms. The highest BCUT2D eigenvalue weighted by atomic mass is 79.9. The molecule has 1 N–H and O–H groups in total. The lowest BCUT2D eigenvalue weighted by Gasteiger charge is -2.17. The number of rotatable bonds is 8. The van der Waals surface area contributed by atoms with Crippen molar-refractivity contribution in [3.8, 4) is 0 Å². The smallest absolute Gasteiger partial charge is 0.0935 e. The van der Waals surface area contributed by atoms with Crippen LogP contribution in [0.1, 0.15) is 18.9 Å². The predicted molar refractivity (Wildman–Crippen MR) is 89.4 cm³/mol. The van der Waals surface area contributed by atoms with Crippen LogP contribution in [-0.4, -0.2) is 18.3 Å². The third-order valence-corrected chi connectivity index (χ3v) is 4.64.